The average Bonchev–Trinajstić information content (AvgIpc) is 3.25. The van der Waals surface area contributed by atoms with Crippen molar-refractivity contribution in [2.75, 3.05) is 17.7 Å². The molecule has 0 bridgehead atoms. The van der Waals surface area contributed by atoms with Crippen molar-refractivity contribution < 1.29 is 19.4 Å². The van der Waals surface area contributed by atoms with Crippen LogP contribution in [-0.2, 0) is 16.0 Å². The molecule has 2 heterocycles. The molecule has 1 amide bonds. The van der Waals surface area contributed by atoms with E-state index in [1.54, 1.807) is 24.4 Å². The van der Waals surface area contributed by atoms with Gasteiger partial charge in [-0.15, -0.1) is 22.6 Å². The van der Waals surface area contributed by atoms with Crippen LogP contribution in [0.3, 0.4) is 0 Å². The molecule has 0 spiro atoms. The number of phenolic OH excluding ortho intramolecular Hbond substituents is 1. The zero-order valence-corrected chi connectivity index (χ0v) is 19.0. The highest BCUT2D eigenvalue weighted by molar-refractivity contribution is 7.19. The first-order valence-corrected chi connectivity index (χ1v) is 10.5. The van der Waals surface area contributed by atoms with Gasteiger partial charge in [-0.3, -0.25) is 15.1 Å². The largest absolute Gasteiger partial charge is 0.505 e. The van der Waals surface area contributed by atoms with Crippen LogP contribution in [-0.4, -0.2) is 45.3 Å². The minimum absolute atomic E-state index is 0. The normalized spacial score (nSPS) is 11.3. The van der Waals surface area contributed by atoms with Gasteiger partial charge in [-0.25, -0.2) is 4.79 Å². The molecule has 0 unspecified atom stereocenters. The number of rotatable bonds is 7. The van der Waals surface area contributed by atoms with Crippen LogP contribution in [0.5, 0.6) is 5.75 Å². The standard InChI is InChI=1S/C22H19N5O4S.ClH/c1-31-20(30)16(12-13-6-3-2-4-7-13)24-21-26-27-22(32-21)25-19(29)15-10-9-14-8-5-11-23-17(14)18(15)28;/h2-11,16,28H,12H2,1H3,(H,24,26)(H,25,27,29);1H/t16-;/m0./s1. The number of anilines is 2. The number of phenols is 1. The highest BCUT2D eigenvalue weighted by Crippen LogP contribution is 2.28. The van der Waals surface area contributed by atoms with E-state index in [4.69, 9.17) is 4.74 Å². The molecule has 4 aromatic rings. The molecular formula is C22H20ClN5O4S. The number of methoxy groups -OCH3 is 1. The first-order valence-electron chi connectivity index (χ1n) is 9.65. The number of nitrogens with zero attached hydrogens (tertiary/aromatic N) is 3. The van der Waals surface area contributed by atoms with Crippen LogP contribution >= 0.6 is 23.7 Å². The van der Waals surface area contributed by atoms with Gasteiger partial charge < -0.3 is 15.2 Å². The summed E-state index contributed by atoms with van der Waals surface area (Å²) in [5.74, 6) is -1.20. The maximum Gasteiger partial charge on any atom is 0.328 e. The molecule has 0 saturated heterocycles. The number of carbonyl (C=O) groups is 2. The van der Waals surface area contributed by atoms with E-state index in [1.807, 2.05) is 30.3 Å². The SMILES string of the molecule is COC(=O)[C@H](Cc1ccccc1)Nc1nnc(NC(=O)c2ccc3cccnc3c2O)s1.Cl. The van der Waals surface area contributed by atoms with Gasteiger partial charge in [-0.2, -0.15) is 0 Å². The monoisotopic (exact) mass is 485 g/mol. The molecule has 9 nitrogen and oxygen atoms in total. The van der Waals surface area contributed by atoms with Crippen molar-refractivity contribution >= 4 is 56.8 Å². The van der Waals surface area contributed by atoms with Crippen molar-refractivity contribution in [1.82, 2.24) is 15.2 Å². The number of halogens is 1. The molecule has 170 valence electrons. The molecule has 0 saturated carbocycles. The molecule has 4 rings (SSSR count). The number of ether oxygens (including phenoxy) is 1. The third kappa shape index (κ3) is 5.54. The third-order valence-electron chi connectivity index (χ3n) is 4.70. The fourth-order valence-corrected chi connectivity index (χ4v) is 3.84. The van der Waals surface area contributed by atoms with E-state index in [2.05, 4.69) is 25.8 Å². The summed E-state index contributed by atoms with van der Waals surface area (Å²) in [6, 6.07) is 15.6. The number of aromatic nitrogens is 3. The van der Waals surface area contributed by atoms with Crippen LogP contribution in [0.15, 0.2) is 60.8 Å². The first-order chi connectivity index (χ1) is 15.5. The quantitative estimate of drug-likeness (QED) is 0.338. The predicted molar refractivity (Wildman–Crippen MR) is 128 cm³/mol. The van der Waals surface area contributed by atoms with Crippen molar-refractivity contribution in [2.45, 2.75) is 12.5 Å². The second-order valence-electron chi connectivity index (χ2n) is 6.81. The number of aromatic hydroxyl groups is 1. The Balaban J connectivity index is 0.00000306. The zero-order valence-electron chi connectivity index (χ0n) is 17.4. The summed E-state index contributed by atoms with van der Waals surface area (Å²) in [6.07, 6.45) is 1.94. The van der Waals surface area contributed by atoms with Gasteiger partial charge in [0.25, 0.3) is 5.91 Å². The minimum Gasteiger partial charge on any atom is -0.505 e. The predicted octanol–water partition coefficient (Wildman–Crippen LogP) is 3.66. The molecule has 0 aliphatic heterocycles. The Morgan fingerprint density at radius 3 is 2.58 bits per heavy atom. The number of pyridine rings is 1. The molecule has 0 aliphatic carbocycles. The van der Waals surface area contributed by atoms with Crippen molar-refractivity contribution in [3.8, 4) is 5.75 Å². The molecule has 3 N–H and O–H groups in total. The number of fused-ring (bicyclic) bond motifs is 1. The van der Waals surface area contributed by atoms with Crippen molar-refractivity contribution in [3.63, 3.8) is 0 Å². The molecule has 2 aromatic carbocycles. The smallest absolute Gasteiger partial charge is 0.328 e. The van der Waals surface area contributed by atoms with E-state index in [-0.39, 0.29) is 28.9 Å². The maximum atomic E-state index is 12.7. The number of hydrogen-bond acceptors (Lipinski definition) is 9. The van der Waals surface area contributed by atoms with E-state index < -0.39 is 17.9 Å². The number of esters is 1. The van der Waals surface area contributed by atoms with E-state index >= 15 is 0 Å². The Morgan fingerprint density at radius 2 is 1.82 bits per heavy atom. The van der Waals surface area contributed by atoms with Gasteiger partial charge >= 0.3 is 5.97 Å². The van der Waals surface area contributed by atoms with Crippen LogP contribution in [0.2, 0.25) is 0 Å². The van der Waals surface area contributed by atoms with E-state index in [0.29, 0.717) is 17.1 Å². The molecule has 11 heteroatoms. The molecule has 0 aliphatic rings. The Labute approximate surface area is 199 Å². The van der Waals surface area contributed by atoms with Gasteiger partial charge in [-0.1, -0.05) is 53.8 Å². The van der Waals surface area contributed by atoms with Crippen LogP contribution in [0, 0.1) is 0 Å². The summed E-state index contributed by atoms with van der Waals surface area (Å²) in [4.78, 5) is 29.0. The molecule has 0 fully saturated rings. The summed E-state index contributed by atoms with van der Waals surface area (Å²) in [6.45, 7) is 0. The van der Waals surface area contributed by atoms with E-state index in [9.17, 15) is 14.7 Å². The zero-order chi connectivity index (χ0) is 22.5. The second-order valence-corrected chi connectivity index (χ2v) is 7.79. The van der Waals surface area contributed by atoms with Crippen LogP contribution in [0.25, 0.3) is 10.9 Å². The minimum atomic E-state index is -0.672. The summed E-state index contributed by atoms with van der Waals surface area (Å²) in [5.41, 5.74) is 1.35. The van der Waals surface area contributed by atoms with Crippen LogP contribution in [0.1, 0.15) is 15.9 Å². The van der Waals surface area contributed by atoms with E-state index in [1.165, 1.54) is 13.2 Å². The summed E-state index contributed by atoms with van der Waals surface area (Å²) in [5, 5.41) is 25.3. The number of hydrogen-bond donors (Lipinski definition) is 3. The van der Waals surface area contributed by atoms with Crippen molar-refractivity contribution in [1.29, 1.82) is 0 Å². The fraction of sp³-hybridized carbons (Fsp3) is 0.136. The van der Waals surface area contributed by atoms with Crippen molar-refractivity contribution in [2.24, 2.45) is 0 Å². The number of amides is 1. The summed E-state index contributed by atoms with van der Waals surface area (Å²) in [7, 11) is 1.32. The maximum absolute atomic E-state index is 12.7. The summed E-state index contributed by atoms with van der Waals surface area (Å²) >= 11 is 1.06. The first kappa shape index (κ1) is 23.9. The topological polar surface area (TPSA) is 126 Å². The Bertz CT molecular complexity index is 1270. The molecule has 1 atom stereocenters. The van der Waals surface area contributed by atoms with Gasteiger partial charge in [0.2, 0.25) is 10.3 Å². The van der Waals surface area contributed by atoms with Gasteiger partial charge in [0.15, 0.2) is 5.75 Å². The summed E-state index contributed by atoms with van der Waals surface area (Å²) < 4.78 is 4.89. The lowest BCUT2D eigenvalue weighted by molar-refractivity contribution is -0.141. The van der Waals surface area contributed by atoms with Crippen LogP contribution in [0.4, 0.5) is 10.3 Å². The van der Waals surface area contributed by atoms with Gasteiger partial charge in [0.05, 0.1) is 12.7 Å². The van der Waals surface area contributed by atoms with Crippen molar-refractivity contribution in [3.05, 3.63) is 71.9 Å². The van der Waals surface area contributed by atoms with Crippen LogP contribution < -0.4 is 10.6 Å². The lowest BCUT2D eigenvalue weighted by atomic mass is 10.1. The van der Waals surface area contributed by atoms with Gasteiger partial charge in [-0.05, 0) is 17.7 Å². The molecule has 2 aromatic heterocycles. The highest BCUT2D eigenvalue weighted by Gasteiger charge is 2.22. The fourth-order valence-electron chi connectivity index (χ4n) is 3.14. The number of benzene rings is 2. The molecule has 33 heavy (non-hydrogen) atoms. The van der Waals surface area contributed by atoms with Gasteiger partial charge in [0.1, 0.15) is 11.6 Å². The van der Waals surface area contributed by atoms with E-state index in [0.717, 1.165) is 22.3 Å². The number of carbonyl (C=O) groups excluding carboxylic acids is 2. The third-order valence-corrected chi connectivity index (χ3v) is 5.47. The lowest BCUT2D eigenvalue weighted by Crippen LogP contribution is -2.32. The number of nitrogens with one attached hydrogen (secondary N) is 2. The Kier molecular flexibility index (Phi) is 7.75. The Hall–Kier alpha value is -3.76. The van der Waals surface area contributed by atoms with Gasteiger partial charge in [0, 0.05) is 18.0 Å². The molecule has 0 radical (unpaired) electrons. The Morgan fingerprint density at radius 1 is 1.06 bits per heavy atom. The highest BCUT2D eigenvalue weighted by atomic mass is 35.5. The average molecular weight is 486 g/mol. The second kappa shape index (κ2) is 10.7. The lowest BCUT2D eigenvalue weighted by Gasteiger charge is -2.15. The molecular weight excluding hydrogens is 466 g/mol.